The lowest BCUT2D eigenvalue weighted by Gasteiger charge is -2.10. The first-order valence-corrected chi connectivity index (χ1v) is 11.6. The van der Waals surface area contributed by atoms with Crippen molar-refractivity contribution in [1.29, 1.82) is 0 Å². The lowest BCUT2D eigenvalue weighted by molar-refractivity contribution is 0.278. The molecule has 1 N–H and O–H groups in total. The highest BCUT2D eigenvalue weighted by Crippen LogP contribution is 2.34. The zero-order chi connectivity index (χ0) is 20.4. The zero-order valence-corrected chi connectivity index (χ0v) is 18.4. The van der Waals surface area contributed by atoms with Crippen LogP contribution in [0.4, 0.5) is 0 Å². The Morgan fingerprint density at radius 3 is 2.68 bits per heavy atom. The molecule has 0 fully saturated rings. The largest absolute Gasteiger partial charge is 0.612 e. The van der Waals surface area contributed by atoms with Crippen molar-refractivity contribution in [3.8, 4) is 15.4 Å². The van der Waals surface area contributed by atoms with E-state index < -0.39 is 11.2 Å². The van der Waals surface area contributed by atoms with Crippen LogP contribution >= 0.6 is 11.3 Å². The summed E-state index contributed by atoms with van der Waals surface area (Å²) in [6.45, 7) is 10.3. The Morgan fingerprint density at radius 1 is 1.32 bits per heavy atom. The number of rotatable bonds is 7. The van der Waals surface area contributed by atoms with Crippen LogP contribution in [0.1, 0.15) is 37.9 Å². The summed E-state index contributed by atoms with van der Waals surface area (Å²) < 4.78 is 14.2. The smallest absolute Gasteiger partial charge is 0.158 e. The van der Waals surface area contributed by atoms with E-state index in [0.29, 0.717) is 16.4 Å². The fourth-order valence-electron chi connectivity index (χ4n) is 3.04. The molecular weight excluding hydrogens is 388 g/mol. The van der Waals surface area contributed by atoms with E-state index in [1.165, 1.54) is 0 Å². The SMILES string of the molecule is C=C(C)c1cn(-c2ccc(-c3ccc(CO)c([S+](C)[O-])c3)s2)c(CC(C)C)n1. The monoisotopic (exact) mass is 414 g/mol. The Bertz CT molecular complexity index is 986. The van der Waals surface area contributed by atoms with Gasteiger partial charge in [0.25, 0.3) is 0 Å². The molecule has 0 aliphatic rings. The molecule has 0 aliphatic heterocycles. The van der Waals surface area contributed by atoms with Crippen LogP contribution in [0.3, 0.4) is 0 Å². The van der Waals surface area contributed by atoms with Crippen molar-refractivity contribution in [2.75, 3.05) is 6.26 Å². The highest BCUT2D eigenvalue weighted by atomic mass is 32.2. The number of aromatic nitrogens is 2. The minimum atomic E-state index is -1.15. The van der Waals surface area contributed by atoms with Gasteiger partial charge in [-0.05, 0) is 47.3 Å². The summed E-state index contributed by atoms with van der Waals surface area (Å²) >= 11 is 0.525. The third kappa shape index (κ3) is 4.41. The van der Waals surface area contributed by atoms with Crippen LogP contribution < -0.4 is 0 Å². The molecule has 4 nitrogen and oxygen atoms in total. The second kappa shape index (κ2) is 8.66. The molecule has 1 unspecified atom stereocenters. The van der Waals surface area contributed by atoms with Gasteiger partial charge < -0.3 is 9.66 Å². The maximum absolute atomic E-state index is 12.0. The van der Waals surface area contributed by atoms with Crippen molar-refractivity contribution in [3.63, 3.8) is 0 Å². The summed E-state index contributed by atoms with van der Waals surface area (Å²) in [5, 5.41) is 10.6. The predicted molar refractivity (Wildman–Crippen MR) is 118 cm³/mol. The van der Waals surface area contributed by atoms with Gasteiger partial charge in [0.2, 0.25) is 0 Å². The van der Waals surface area contributed by atoms with E-state index in [2.05, 4.69) is 43.3 Å². The van der Waals surface area contributed by atoms with Crippen molar-refractivity contribution in [2.45, 2.75) is 38.7 Å². The minimum absolute atomic E-state index is 0.109. The van der Waals surface area contributed by atoms with Gasteiger partial charge in [-0.15, -0.1) is 11.3 Å². The average molecular weight is 415 g/mol. The fourth-order valence-corrected chi connectivity index (χ4v) is 4.84. The molecular formula is C22H26N2O2S2. The summed E-state index contributed by atoms with van der Waals surface area (Å²) in [6, 6.07) is 9.91. The molecule has 0 spiro atoms. The molecule has 1 aromatic carbocycles. The van der Waals surface area contributed by atoms with E-state index in [1.807, 2.05) is 25.1 Å². The number of nitrogens with zero attached hydrogens (tertiary/aromatic N) is 2. The first-order valence-electron chi connectivity index (χ1n) is 9.22. The van der Waals surface area contributed by atoms with Gasteiger partial charge >= 0.3 is 0 Å². The van der Waals surface area contributed by atoms with Gasteiger partial charge in [0, 0.05) is 29.1 Å². The quantitative estimate of drug-likeness (QED) is 0.550. The first-order chi connectivity index (χ1) is 13.3. The summed E-state index contributed by atoms with van der Waals surface area (Å²) in [7, 11) is 0. The fraction of sp³-hybridized carbons (Fsp3) is 0.318. The third-order valence-electron chi connectivity index (χ3n) is 4.47. The molecule has 0 saturated carbocycles. The Labute approximate surface area is 173 Å². The molecule has 2 aromatic heterocycles. The van der Waals surface area contributed by atoms with Crippen LogP contribution in [0, 0.1) is 5.92 Å². The molecule has 0 aliphatic carbocycles. The van der Waals surface area contributed by atoms with Crippen molar-refractivity contribution in [2.24, 2.45) is 5.92 Å². The topological polar surface area (TPSA) is 61.1 Å². The van der Waals surface area contributed by atoms with Crippen LogP contribution in [0.5, 0.6) is 0 Å². The Morgan fingerprint density at radius 2 is 2.07 bits per heavy atom. The molecule has 0 saturated heterocycles. The van der Waals surface area contributed by atoms with Gasteiger partial charge in [-0.3, -0.25) is 4.57 Å². The maximum Gasteiger partial charge on any atom is 0.158 e. The molecule has 0 amide bonds. The Hall–Kier alpha value is -1.86. The Balaban J connectivity index is 2.01. The predicted octanol–water partition coefficient (Wildman–Crippen LogP) is 5.06. The molecule has 0 radical (unpaired) electrons. The summed E-state index contributed by atoms with van der Waals surface area (Å²) in [6.07, 6.45) is 4.59. The second-order valence-electron chi connectivity index (χ2n) is 7.36. The van der Waals surface area contributed by atoms with E-state index in [0.717, 1.165) is 39.0 Å². The molecule has 3 rings (SSSR count). The number of hydrogen-bond acceptors (Lipinski definition) is 4. The molecule has 2 heterocycles. The van der Waals surface area contributed by atoms with Crippen molar-refractivity contribution in [3.05, 3.63) is 60.2 Å². The number of aliphatic hydroxyl groups excluding tert-OH is 1. The van der Waals surface area contributed by atoms with E-state index >= 15 is 0 Å². The maximum atomic E-state index is 12.0. The van der Waals surface area contributed by atoms with E-state index in [4.69, 9.17) is 4.98 Å². The van der Waals surface area contributed by atoms with E-state index in [9.17, 15) is 9.66 Å². The van der Waals surface area contributed by atoms with E-state index in [-0.39, 0.29) is 6.61 Å². The first kappa shape index (κ1) is 20.9. The number of imidazole rings is 1. The zero-order valence-electron chi connectivity index (χ0n) is 16.7. The molecule has 28 heavy (non-hydrogen) atoms. The van der Waals surface area contributed by atoms with E-state index in [1.54, 1.807) is 17.6 Å². The average Bonchev–Trinajstić information content (AvgIpc) is 3.27. The van der Waals surface area contributed by atoms with Gasteiger partial charge in [-0.25, -0.2) is 4.98 Å². The summed E-state index contributed by atoms with van der Waals surface area (Å²) in [5.74, 6) is 1.54. The number of thiophene rings is 1. The van der Waals surface area contributed by atoms with Gasteiger partial charge in [-0.1, -0.05) is 32.6 Å². The highest BCUT2D eigenvalue weighted by molar-refractivity contribution is 7.90. The summed E-state index contributed by atoms with van der Waals surface area (Å²) in [4.78, 5) is 6.54. The standard InChI is InChI=1S/C22H26N2O2S2/c1-14(2)10-21-23-18(15(3)4)12-24(21)22-9-8-19(27-22)16-6-7-17(13-25)20(11-16)28(5)26/h6-9,11-12,14,25H,3,10,13H2,1-2,4-5H3. The molecule has 6 heteroatoms. The Kier molecular flexibility index (Phi) is 6.45. The van der Waals surface area contributed by atoms with Crippen molar-refractivity contribution < 1.29 is 9.66 Å². The van der Waals surface area contributed by atoms with Gasteiger partial charge in [0.15, 0.2) is 4.90 Å². The van der Waals surface area contributed by atoms with Gasteiger partial charge in [0.1, 0.15) is 17.1 Å². The van der Waals surface area contributed by atoms with Gasteiger partial charge in [0.05, 0.1) is 12.3 Å². The molecule has 148 valence electrons. The van der Waals surface area contributed by atoms with Crippen LogP contribution in [0.15, 0.2) is 48.0 Å². The van der Waals surface area contributed by atoms with Crippen LogP contribution in [-0.4, -0.2) is 25.5 Å². The number of allylic oxidation sites excluding steroid dienone is 1. The number of benzene rings is 1. The lowest BCUT2D eigenvalue weighted by atomic mass is 10.1. The lowest BCUT2D eigenvalue weighted by Crippen LogP contribution is -2.03. The van der Waals surface area contributed by atoms with Crippen molar-refractivity contribution >= 4 is 28.1 Å². The molecule has 0 bridgehead atoms. The molecule has 1 atom stereocenters. The third-order valence-corrected chi connectivity index (χ3v) is 6.60. The molecule has 3 aromatic rings. The second-order valence-corrected chi connectivity index (χ2v) is 9.77. The minimum Gasteiger partial charge on any atom is -0.612 e. The van der Waals surface area contributed by atoms with Crippen LogP contribution in [0.25, 0.3) is 21.0 Å². The number of hydrogen-bond donors (Lipinski definition) is 1. The van der Waals surface area contributed by atoms with Crippen LogP contribution in [-0.2, 0) is 24.2 Å². The van der Waals surface area contributed by atoms with Crippen molar-refractivity contribution in [1.82, 2.24) is 9.55 Å². The van der Waals surface area contributed by atoms with Crippen LogP contribution in [0.2, 0.25) is 0 Å². The number of aliphatic hydroxyl groups is 1. The highest BCUT2D eigenvalue weighted by Gasteiger charge is 2.16. The normalized spacial score (nSPS) is 12.5. The summed E-state index contributed by atoms with van der Waals surface area (Å²) in [5.41, 5.74) is 3.59. The van der Waals surface area contributed by atoms with Gasteiger partial charge in [-0.2, -0.15) is 0 Å².